The quantitative estimate of drug-likeness (QED) is 0.893. The second-order valence-corrected chi connectivity index (χ2v) is 4.81. The Hall–Kier alpha value is -0.0900. The summed E-state index contributed by atoms with van der Waals surface area (Å²) in [4.78, 5) is 0. The molecule has 1 aromatic rings. The van der Waals surface area contributed by atoms with E-state index in [0.29, 0.717) is 11.4 Å². The minimum absolute atomic E-state index is 0.0615. The van der Waals surface area contributed by atoms with Crippen LogP contribution >= 0.6 is 27.5 Å². The molecule has 0 spiro atoms. The molecular formula is C10H13BrClNO. The lowest BCUT2D eigenvalue weighted by Crippen LogP contribution is -2.34. The van der Waals surface area contributed by atoms with E-state index in [1.807, 2.05) is 19.1 Å². The van der Waals surface area contributed by atoms with E-state index in [-0.39, 0.29) is 6.61 Å². The molecule has 4 heteroatoms. The summed E-state index contributed by atoms with van der Waals surface area (Å²) in [6.45, 7) is 1.94. The number of rotatable bonds is 3. The molecule has 0 saturated carbocycles. The summed E-state index contributed by atoms with van der Waals surface area (Å²) in [6.07, 6.45) is 0.506. The third-order valence-corrected chi connectivity index (χ3v) is 3.10. The number of benzene rings is 1. The summed E-state index contributed by atoms with van der Waals surface area (Å²) in [5.74, 6) is 0. The molecule has 2 nitrogen and oxygen atoms in total. The fraction of sp³-hybridized carbons (Fsp3) is 0.400. The SMILES string of the molecule is CC(N)(CCO)c1cc(Cl)ccc1Br. The fourth-order valence-electron chi connectivity index (χ4n) is 1.30. The van der Waals surface area contributed by atoms with Crippen molar-refractivity contribution in [3.05, 3.63) is 33.3 Å². The van der Waals surface area contributed by atoms with Gasteiger partial charge in [-0.1, -0.05) is 27.5 Å². The first-order valence-corrected chi connectivity index (χ1v) is 5.50. The summed E-state index contributed by atoms with van der Waals surface area (Å²) >= 11 is 9.30. The third-order valence-electron chi connectivity index (χ3n) is 2.17. The molecule has 0 aliphatic heterocycles. The van der Waals surface area contributed by atoms with Gasteiger partial charge in [0.25, 0.3) is 0 Å². The lowest BCUT2D eigenvalue weighted by molar-refractivity contribution is 0.247. The molecule has 0 saturated heterocycles. The van der Waals surface area contributed by atoms with Crippen molar-refractivity contribution in [2.75, 3.05) is 6.61 Å². The average Bonchev–Trinajstić information content (AvgIpc) is 2.09. The van der Waals surface area contributed by atoms with Gasteiger partial charge in [-0.25, -0.2) is 0 Å². The van der Waals surface area contributed by atoms with Gasteiger partial charge in [-0.2, -0.15) is 0 Å². The number of aliphatic hydroxyl groups excluding tert-OH is 1. The number of aliphatic hydroxyl groups is 1. The molecule has 3 N–H and O–H groups in total. The van der Waals surface area contributed by atoms with Gasteiger partial charge in [0.1, 0.15) is 0 Å². The summed E-state index contributed by atoms with van der Waals surface area (Å²) in [7, 11) is 0. The van der Waals surface area contributed by atoms with Crippen molar-refractivity contribution in [3.63, 3.8) is 0 Å². The lowest BCUT2D eigenvalue weighted by Gasteiger charge is -2.25. The summed E-state index contributed by atoms with van der Waals surface area (Å²) in [5.41, 5.74) is 6.43. The zero-order chi connectivity index (χ0) is 10.8. The second kappa shape index (κ2) is 4.62. The van der Waals surface area contributed by atoms with E-state index in [9.17, 15) is 0 Å². The van der Waals surface area contributed by atoms with E-state index in [2.05, 4.69) is 15.9 Å². The molecule has 1 unspecified atom stereocenters. The predicted molar refractivity (Wildman–Crippen MR) is 62.4 cm³/mol. The maximum absolute atomic E-state index is 8.90. The zero-order valence-corrected chi connectivity index (χ0v) is 10.3. The van der Waals surface area contributed by atoms with E-state index in [4.69, 9.17) is 22.4 Å². The molecule has 14 heavy (non-hydrogen) atoms. The van der Waals surface area contributed by atoms with Gasteiger partial charge in [-0.15, -0.1) is 0 Å². The van der Waals surface area contributed by atoms with Crippen LogP contribution in [-0.4, -0.2) is 11.7 Å². The zero-order valence-electron chi connectivity index (χ0n) is 7.93. The fourth-order valence-corrected chi connectivity index (χ4v) is 2.17. The lowest BCUT2D eigenvalue weighted by atomic mass is 9.90. The summed E-state index contributed by atoms with van der Waals surface area (Å²) < 4.78 is 0.917. The van der Waals surface area contributed by atoms with E-state index in [1.54, 1.807) is 6.07 Å². The Morgan fingerprint density at radius 1 is 1.57 bits per heavy atom. The van der Waals surface area contributed by atoms with Crippen LogP contribution in [-0.2, 0) is 5.54 Å². The molecule has 78 valence electrons. The average molecular weight is 279 g/mol. The minimum Gasteiger partial charge on any atom is -0.396 e. The largest absolute Gasteiger partial charge is 0.396 e. The van der Waals surface area contributed by atoms with Gasteiger partial charge < -0.3 is 10.8 Å². The molecule has 0 amide bonds. The van der Waals surface area contributed by atoms with Crippen LogP contribution in [0.2, 0.25) is 5.02 Å². The van der Waals surface area contributed by atoms with Crippen molar-refractivity contribution in [1.29, 1.82) is 0 Å². The predicted octanol–water partition coefficient (Wildman–Crippen LogP) is 2.66. The van der Waals surface area contributed by atoms with Crippen LogP contribution in [0.5, 0.6) is 0 Å². The minimum atomic E-state index is -0.557. The van der Waals surface area contributed by atoms with Crippen LogP contribution in [0.15, 0.2) is 22.7 Å². The number of halogens is 2. The second-order valence-electron chi connectivity index (χ2n) is 3.52. The summed E-state index contributed by atoms with van der Waals surface area (Å²) in [5, 5.41) is 9.55. The third kappa shape index (κ3) is 2.70. The highest BCUT2D eigenvalue weighted by Gasteiger charge is 2.23. The number of nitrogens with two attached hydrogens (primary N) is 1. The van der Waals surface area contributed by atoms with Gasteiger partial charge in [0, 0.05) is 21.6 Å². The van der Waals surface area contributed by atoms with Crippen molar-refractivity contribution in [1.82, 2.24) is 0 Å². The molecule has 0 fully saturated rings. The van der Waals surface area contributed by atoms with Crippen LogP contribution in [0, 0.1) is 0 Å². The van der Waals surface area contributed by atoms with Crippen LogP contribution in [0.25, 0.3) is 0 Å². The van der Waals surface area contributed by atoms with Crippen LogP contribution < -0.4 is 5.73 Å². The number of hydrogen-bond donors (Lipinski definition) is 2. The van der Waals surface area contributed by atoms with Crippen LogP contribution in [0.3, 0.4) is 0 Å². The van der Waals surface area contributed by atoms with Crippen molar-refractivity contribution < 1.29 is 5.11 Å². The van der Waals surface area contributed by atoms with Crippen molar-refractivity contribution in [2.24, 2.45) is 5.73 Å². The van der Waals surface area contributed by atoms with E-state index >= 15 is 0 Å². The first-order valence-electron chi connectivity index (χ1n) is 4.32. The van der Waals surface area contributed by atoms with Crippen molar-refractivity contribution >= 4 is 27.5 Å². The monoisotopic (exact) mass is 277 g/mol. The Kier molecular flexibility index (Phi) is 3.95. The van der Waals surface area contributed by atoms with Crippen LogP contribution in [0.1, 0.15) is 18.9 Å². The maximum atomic E-state index is 8.90. The Morgan fingerprint density at radius 2 is 2.21 bits per heavy atom. The van der Waals surface area contributed by atoms with Crippen molar-refractivity contribution in [3.8, 4) is 0 Å². The first kappa shape index (κ1) is 12.0. The smallest absolute Gasteiger partial charge is 0.0451 e. The number of hydrogen-bond acceptors (Lipinski definition) is 2. The standard InChI is InChI=1S/C10H13BrClNO/c1-10(13,4-5-14)8-6-7(12)2-3-9(8)11/h2-3,6,14H,4-5,13H2,1H3. The van der Waals surface area contributed by atoms with Gasteiger partial charge in [-0.3, -0.25) is 0 Å². The summed E-state index contributed by atoms with van der Waals surface area (Å²) in [6, 6.07) is 5.48. The van der Waals surface area contributed by atoms with E-state index < -0.39 is 5.54 Å². The van der Waals surface area contributed by atoms with Gasteiger partial charge >= 0.3 is 0 Å². The Labute approximate surface area is 97.2 Å². The Bertz CT molecular complexity index is 328. The molecule has 1 aromatic carbocycles. The first-order chi connectivity index (χ1) is 6.47. The van der Waals surface area contributed by atoms with E-state index in [1.165, 1.54) is 0 Å². The topological polar surface area (TPSA) is 46.2 Å². The van der Waals surface area contributed by atoms with Gasteiger partial charge in [0.2, 0.25) is 0 Å². The Balaban J connectivity index is 3.10. The highest BCUT2D eigenvalue weighted by Crippen LogP contribution is 2.30. The molecule has 1 rings (SSSR count). The molecule has 0 heterocycles. The van der Waals surface area contributed by atoms with Gasteiger partial charge in [0.05, 0.1) is 0 Å². The maximum Gasteiger partial charge on any atom is 0.0451 e. The highest BCUT2D eigenvalue weighted by atomic mass is 79.9. The van der Waals surface area contributed by atoms with E-state index in [0.717, 1.165) is 10.0 Å². The van der Waals surface area contributed by atoms with Crippen molar-refractivity contribution in [2.45, 2.75) is 18.9 Å². The molecular weight excluding hydrogens is 265 g/mol. The molecule has 1 atom stereocenters. The van der Waals surface area contributed by atoms with Gasteiger partial charge in [0.15, 0.2) is 0 Å². The molecule has 0 aliphatic carbocycles. The molecule has 0 aromatic heterocycles. The van der Waals surface area contributed by atoms with Crippen LogP contribution in [0.4, 0.5) is 0 Å². The highest BCUT2D eigenvalue weighted by molar-refractivity contribution is 9.10. The molecule has 0 aliphatic rings. The normalized spacial score (nSPS) is 15.2. The Morgan fingerprint density at radius 3 is 2.79 bits per heavy atom. The molecule has 0 bridgehead atoms. The van der Waals surface area contributed by atoms with Gasteiger partial charge in [-0.05, 0) is 37.1 Å². The molecule has 0 radical (unpaired) electrons.